The second-order valence-corrected chi connectivity index (χ2v) is 4.62. The van der Waals surface area contributed by atoms with Crippen molar-refractivity contribution in [3.8, 4) is 0 Å². The monoisotopic (exact) mass is 294 g/mol. The lowest BCUT2D eigenvalue weighted by Crippen LogP contribution is -1.98. The summed E-state index contributed by atoms with van der Waals surface area (Å²) >= 11 is 3.45. The summed E-state index contributed by atoms with van der Waals surface area (Å²) in [6.45, 7) is 1.97. The quantitative estimate of drug-likeness (QED) is 0.814. The first kappa shape index (κ1) is 11.9. The number of nitrogen functional groups attached to an aromatic ring is 1. The number of hydrogen-bond acceptors (Lipinski definition) is 2. The average molecular weight is 295 g/mol. The Kier molecular flexibility index (Phi) is 3.33. The molecule has 0 aliphatic rings. The van der Waals surface area contributed by atoms with Crippen LogP contribution in [0.5, 0.6) is 0 Å². The second kappa shape index (κ2) is 4.75. The van der Waals surface area contributed by atoms with Crippen LogP contribution in [0.25, 0.3) is 0 Å². The Labute approximate surface area is 108 Å². The van der Waals surface area contributed by atoms with E-state index in [2.05, 4.69) is 21.2 Å². The van der Waals surface area contributed by atoms with E-state index in [0.29, 0.717) is 11.4 Å². The Bertz CT molecular complexity index is 555. The first-order valence-electron chi connectivity index (χ1n) is 5.15. The lowest BCUT2D eigenvalue weighted by molar-refractivity contribution is 0.628. The molecule has 0 radical (unpaired) electrons. The Morgan fingerprint density at radius 1 is 1.18 bits per heavy atom. The van der Waals surface area contributed by atoms with Crippen molar-refractivity contribution < 1.29 is 4.39 Å². The lowest BCUT2D eigenvalue weighted by atomic mass is 10.2. The molecule has 0 spiro atoms. The number of rotatable bonds is 2. The van der Waals surface area contributed by atoms with Crippen LogP contribution in [-0.4, -0.2) is 0 Å². The first-order chi connectivity index (χ1) is 8.08. The van der Waals surface area contributed by atoms with Crippen molar-refractivity contribution in [1.82, 2.24) is 0 Å². The highest BCUT2D eigenvalue weighted by Crippen LogP contribution is 2.29. The van der Waals surface area contributed by atoms with E-state index in [-0.39, 0.29) is 5.82 Å². The molecule has 17 heavy (non-hydrogen) atoms. The van der Waals surface area contributed by atoms with Crippen molar-refractivity contribution in [2.45, 2.75) is 6.92 Å². The maximum absolute atomic E-state index is 13.1. The number of benzene rings is 2. The lowest BCUT2D eigenvalue weighted by Gasteiger charge is -2.12. The van der Waals surface area contributed by atoms with E-state index in [1.807, 2.05) is 25.1 Å². The van der Waals surface area contributed by atoms with Crippen molar-refractivity contribution in [2.75, 3.05) is 11.1 Å². The van der Waals surface area contributed by atoms with Gasteiger partial charge >= 0.3 is 0 Å². The zero-order chi connectivity index (χ0) is 12.4. The Morgan fingerprint density at radius 3 is 2.71 bits per heavy atom. The molecule has 0 heterocycles. The molecule has 2 aromatic carbocycles. The van der Waals surface area contributed by atoms with Crippen LogP contribution in [0.15, 0.2) is 40.9 Å². The van der Waals surface area contributed by atoms with E-state index in [1.54, 1.807) is 6.07 Å². The Balaban J connectivity index is 2.38. The fraction of sp³-hybridized carbons (Fsp3) is 0.0769. The van der Waals surface area contributed by atoms with Crippen LogP contribution in [0.3, 0.4) is 0 Å². The van der Waals surface area contributed by atoms with Gasteiger partial charge in [-0.2, -0.15) is 0 Å². The van der Waals surface area contributed by atoms with E-state index in [0.717, 1.165) is 15.7 Å². The standard InChI is InChI=1S/C13H12BrFN2/c1-8-10(14)3-2-4-12(8)17-13-7-9(15)5-6-11(13)16/h2-7,17H,16H2,1H3. The third-order valence-corrected chi connectivity index (χ3v) is 3.41. The van der Waals surface area contributed by atoms with Crippen LogP contribution < -0.4 is 11.1 Å². The van der Waals surface area contributed by atoms with Crippen LogP contribution in [0.4, 0.5) is 21.5 Å². The summed E-state index contributed by atoms with van der Waals surface area (Å²) in [5.41, 5.74) is 8.83. The molecule has 4 heteroatoms. The van der Waals surface area contributed by atoms with Gasteiger partial charge < -0.3 is 11.1 Å². The largest absolute Gasteiger partial charge is 0.397 e. The Morgan fingerprint density at radius 2 is 1.94 bits per heavy atom. The van der Waals surface area contributed by atoms with Gasteiger partial charge in [-0.3, -0.25) is 0 Å². The number of halogens is 2. The van der Waals surface area contributed by atoms with Gasteiger partial charge in [0.05, 0.1) is 11.4 Å². The van der Waals surface area contributed by atoms with Crippen LogP contribution in [0.1, 0.15) is 5.56 Å². The van der Waals surface area contributed by atoms with Gasteiger partial charge in [0.1, 0.15) is 5.82 Å². The highest BCUT2D eigenvalue weighted by molar-refractivity contribution is 9.10. The zero-order valence-corrected chi connectivity index (χ0v) is 10.9. The van der Waals surface area contributed by atoms with Gasteiger partial charge in [-0.1, -0.05) is 22.0 Å². The van der Waals surface area contributed by atoms with Crippen molar-refractivity contribution in [3.05, 3.63) is 52.3 Å². The predicted octanol–water partition coefficient (Wildman–Crippen LogP) is 4.22. The maximum Gasteiger partial charge on any atom is 0.125 e. The molecular weight excluding hydrogens is 283 g/mol. The molecule has 88 valence electrons. The van der Waals surface area contributed by atoms with Gasteiger partial charge in [0, 0.05) is 10.2 Å². The van der Waals surface area contributed by atoms with E-state index in [1.165, 1.54) is 12.1 Å². The fourth-order valence-corrected chi connectivity index (χ4v) is 1.89. The topological polar surface area (TPSA) is 38.0 Å². The molecule has 0 amide bonds. The number of hydrogen-bond donors (Lipinski definition) is 2. The van der Waals surface area contributed by atoms with E-state index in [9.17, 15) is 4.39 Å². The normalized spacial score (nSPS) is 10.3. The molecule has 0 unspecified atom stereocenters. The fourth-order valence-electron chi connectivity index (χ4n) is 1.52. The highest BCUT2D eigenvalue weighted by atomic mass is 79.9. The molecule has 0 atom stereocenters. The summed E-state index contributed by atoms with van der Waals surface area (Å²) in [6.07, 6.45) is 0. The van der Waals surface area contributed by atoms with Crippen LogP contribution in [0, 0.1) is 12.7 Å². The van der Waals surface area contributed by atoms with Gasteiger partial charge in [0.2, 0.25) is 0 Å². The summed E-state index contributed by atoms with van der Waals surface area (Å²) in [6, 6.07) is 10.1. The van der Waals surface area contributed by atoms with E-state index in [4.69, 9.17) is 5.73 Å². The molecule has 2 aromatic rings. The van der Waals surface area contributed by atoms with Crippen molar-refractivity contribution >= 4 is 33.0 Å². The molecular formula is C13H12BrFN2. The molecule has 2 rings (SSSR count). The van der Waals surface area contributed by atoms with Crippen molar-refractivity contribution in [1.29, 1.82) is 0 Å². The SMILES string of the molecule is Cc1c(Br)cccc1Nc1cc(F)ccc1N. The minimum atomic E-state index is -0.311. The zero-order valence-electron chi connectivity index (χ0n) is 9.30. The highest BCUT2D eigenvalue weighted by Gasteiger charge is 2.05. The minimum Gasteiger partial charge on any atom is -0.397 e. The summed E-state index contributed by atoms with van der Waals surface area (Å²) < 4.78 is 14.1. The van der Waals surface area contributed by atoms with Gasteiger partial charge in [-0.25, -0.2) is 4.39 Å². The molecule has 0 aliphatic carbocycles. The first-order valence-corrected chi connectivity index (χ1v) is 5.94. The molecule has 0 bridgehead atoms. The van der Waals surface area contributed by atoms with Gasteiger partial charge in [-0.05, 0) is 42.8 Å². The Hall–Kier alpha value is -1.55. The van der Waals surface area contributed by atoms with Gasteiger partial charge in [0.15, 0.2) is 0 Å². The number of anilines is 3. The average Bonchev–Trinajstić information content (AvgIpc) is 2.30. The van der Waals surface area contributed by atoms with Crippen molar-refractivity contribution in [2.24, 2.45) is 0 Å². The molecule has 0 fully saturated rings. The molecule has 0 aliphatic heterocycles. The van der Waals surface area contributed by atoms with Crippen LogP contribution >= 0.6 is 15.9 Å². The smallest absolute Gasteiger partial charge is 0.125 e. The van der Waals surface area contributed by atoms with Crippen molar-refractivity contribution in [3.63, 3.8) is 0 Å². The number of nitrogens with two attached hydrogens (primary N) is 1. The summed E-state index contributed by atoms with van der Waals surface area (Å²) in [5.74, 6) is -0.311. The summed E-state index contributed by atoms with van der Waals surface area (Å²) in [7, 11) is 0. The third kappa shape index (κ3) is 2.58. The predicted molar refractivity (Wildman–Crippen MR) is 73.0 cm³/mol. The van der Waals surface area contributed by atoms with Crippen LogP contribution in [0.2, 0.25) is 0 Å². The molecule has 0 aromatic heterocycles. The minimum absolute atomic E-state index is 0.311. The molecule has 0 saturated carbocycles. The summed E-state index contributed by atoms with van der Waals surface area (Å²) in [4.78, 5) is 0. The van der Waals surface area contributed by atoms with Gasteiger partial charge in [-0.15, -0.1) is 0 Å². The second-order valence-electron chi connectivity index (χ2n) is 3.77. The molecule has 0 saturated heterocycles. The maximum atomic E-state index is 13.1. The van der Waals surface area contributed by atoms with E-state index >= 15 is 0 Å². The van der Waals surface area contributed by atoms with E-state index < -0.39 is 0 Å². The van der Waals surface area contributed by atoms with Crippen LogP contribution in [-0.2, 0) is 0 Å². The molecule has 3 N–H and O–H groups in total. The number of nitrogens with one attached hydrogen (secondary N) is 1. The third-order valence-electron chi connectivity index (χ3n) is 2.55. The molecule has 2 nitrogen and oxygen atoms in total. The van der Waals surface area contributed by atoms with Gasteiger partial charge in [0.25, 0.3) is 0 Å². The summed E-state index contributed by atoms with van der Waals surface area (Å²) in [5, 5.41) is 3.13.